The molecule has 1 atom stereocenters. The van der Waals surface area contributed by atoms with E-state index in [4.69, 9.17) is 0 Å². The van der Waals surface area contributed by atoms with E-state index in [9.17, 15) is 0 Å². The van der Waals surface area contributed by atoms with Crippen LogP contribution in [0.2, 0.25) is 0 Å². The number of hydrogen-bond acceptors (Lipinski definition) is 1. The van der Waals surface area contributed by atoms with Gasteiger partial charge in [-0.15, -0.1) is 0 Å². The van der Waals surface area contributed by atoms with Crippen LogP contribution in [0.4, 0.5) is 0 Å². The molecule has 0 spiro atoms. The second-order valence-electron chi connectivity index (χ2n) is 6.17. The van der Waals surface area contributed by atoms with E-state index >= 15 is 0 Å². The van der Waals surface area contributed by atoms with Gasteiger partial charge in [-0.05, 0) is 31.6 Å². The molecule has 1 heteroatoms. The van der Waals surface area contributed by atoms with Gasteiger partial charge in [0.05, 0.1) is 0 Å². The van der Waals surface area contributed by atoms with Crippen LogP contribution in [-0.2, 0) is 0 Å². The summed E-state index contributed by atoms with van der Waals surface area (Å²) in [6.45, 7) is 9.31. The number of hydrogen-bond donors (Lipinski definition) is 1. The van der Waals surface area contributed by atoms with Gasteiger partial charge in [-0.3, -0.25) is 0 Å². The summed E-state index contributed by atoms with van der Waals surface area (Å²) >= 11 is 0. The van der Waals surface area contributed by atoms with E-state index in [2.05, 4.69) is 33.0 Å². The number of rotatable bonds is 3. The number of nitrogens with one attached hydrogen (secondary N) is 1. The normalized spacial score (nSPS) is 22.3. The van der Waals surface area contributed by atoms with Gasteiger partial charge < -0.3 is 5.32 Å². The SMILES string of the molecule is CC(CC(C)(C)C)NC1CCCCC1. The predicted molar refractivity (Wildman–Crippen MR) is 63.5 cm³/mol. The lowest BCUT2D eigenvalue weighted by Gasteiger charge is -2.30. The average Bonchev–Trinajstić information content (AvgIpc) is 2.02. The average molecular weight is 197 g/mol. The fourth-order valence-electron chi connectivity index (χ4n) is 2.65. The lowest BCUT2D eigenvalue weighted by atomic mass is 9.87. The molecule has 1 rings (SSSR count). The van der Waals surface area contributed by atoms with Crippen molar-refractivity contribution in [3.05, 3.63) is 0 Å². The van der Waals surface area contributed by atoms with Crippen molar-refractivity contribution in [1.29, 1.82) is 0 Å². The Kier molecular flexibility index (Phi) is 4.43. The Morgan fingerprint density at radius 1 is 1.14 bits per heavy atom. The van der Waals surface area contributed by atoms with Crippen LogP contribution in [0.1, 0.15) is 66.2 Å². The van der Waals surface area contributed by atoms with Crippen LogP contribution in [0.3, 0.4) is 0 Å². The summed E-state index contributed by atoms with van der Waals surface area (Å²) in [6, 6.07) is 1.49. The largest absolute Gasteiger partial charge is 0.311 e. The fourth-order valence-corrected chi connectivity index (χ4v) is 2.65. The maximum absolute atomic E-state index is 3.78. The maximum atomic E-state index is 3.78. The maximum Gasteiger partial charge on any atom is 0.00695 e. The first-order valence-corrected chi connectivity index (χ1v) is 6.23. The molecule has 1 nitrogen and oxygen atoms in total. The van der Waals surface area contributed by atoms with Gasteiger partial charge in [-0.2, -0.15) is 0 Å². The second kappa shape index (κ2) is 5.16. The van der Waals surface area contributed by atoms with E-state index < -0.39 is 0 Å². The van der Waals surface area contributed by atoms with Crippen molar-refractivity contribution in [2.45, 2.75) is 78.3 Å². The first-order valence-electron chi connectivity index (χ1n) is 6.23. The quantitative estimate of drug-likeness (QED) is 0.727. The molecule has 84 valence electrons. The smallest absolute Gasteiger partial charge is 0.00695 e. The minimum atomic E-state index is 0.459. The Balaban J connectivity index is 2.21. The Labute approximate surface area is 89.7 Å². The highest BCUT2D eigenvalue weighted by Crippen LogP contribution is 2.23. The molecule has 0 saturated heterocycles. The molecule has 0 aromatic rings. The van der Waals surface area contributed by atoms with Crippen LogP contribution < -0.4 is 5.32 Å². The minimum Gasteiger partial charge on any atom is -0.311 e. The van der Waals surface area contributed by atoms with Crippen LogP contribution in [-0.4, -0.2) is 12.1 Å². The van der Waals surface area contributed by atoms with Crippen molar-refractivity contribution >= 4 is 0 Å². The van der Waals surface area contributed by atoms with Crippen LogP contribution in [0.25, 0.3) is 0 Å². The van der Waals surface area contributed by atoms with Crippen molar-refractivity contribution in [2.75, 3.05) is 0 Å². The van der Waals surface area contributed by atoms with Crippen LogP contribution in [0, 0.1) is 5.41 Å². The molecule has 1 aliphatic rings. The summed E-state index contributed by atoms with van der Waals surface area (Å²) in [6.07, 6.45) is 8.39. The lowest BCUT2D eigenvalue weighted by molar-refractivity contribution is 0.276. The topological polar surface area (TPSA) is 12.0 Å². The summed E-state index contributed by atoms with van der Waals surface area (Å²) in [7, 11) is 0. The van der Waals surface area contributed by atoms with Gasteiger partial charge in [0.1, 0.15) is 0 Å². The van der Waals surface area contributed by atoms with Crippen molar-refractivity contribution in [3.8, 4) is 0 Å². The van der Waals surface area contributed by atoms with Crippen molar-refractivity contribution in [1.82, 2.24) is 5.32 Å². The molecule has 1 fully saturated rings. The van der Waals surface area contributed by atoms with Gasteiger partial charge in [0.25, 0.3) is 0 Å². The summed E-state index contributed by atoms with van der Waals surface area (Å²) in [5.41, 5.74) is 0.459. The molecule has 0 heterocycles. The molecule has 0 radical (unpaired) electrons. The summed E-state index contributed by atoms with van der Waals surface area (Å²) in [5.74, 6) is 0. The Hall–Kier alpha value is -0.0400. The van der Waals surface area contributed by atoms with Gasteiger partial charge in [-0.1, -0.05) is 40.0 Å². The van der Waals surface area contributed by atoms with Crippen molar-refractivity contribution < 1.29 is 0 Å². The van der Waals surface area contributed by atoms with Crippen molar-refractivity contribution in [3.63, 3.8) is 0 Å². The van der Waals surface area contributed by atoms with Crippen LogP contribution in [0.5, 0.6) is 0 Å². The standard InChI is InChI=1S/C13H27N/c1-11(10-13(2,3)4)14-12-8-6-5-7-9-12/h11-12,14H,5-10H2,1-4H3. The fraction of sp³-hybridized carbons (Fsp3) is 1.00. The molecule has 1 saturated carbocycles. The highest BCUT2D eigenvalue weighted by Gasteiger charge is 2.19. The Morgan fingerprint density at radius 2 is 1.71 bits per heavy atom. The van der Waals surface area contributed by atoms with E-state index in [1.54, 1.807) is 0 Å². The van der Waals surface area contributed by atoms with E-state index in [1.165, 1.54) is 38.5 Å². The molecule has 1 unspecified atom stereocenters. The van der Waals surface area contributed by atoms with E-state index in [1.807, 2.05) is 0 Å². The summed E-state index contributed by atoms with van der Waals surface area (Å²) < 4.78 is 0. The molecule has 0 bridgehead atoms. The van der Waals surface area contributed by atoms with Gasteiger partial charge in [0, 0.05) is 12.1 Å². The lowest BCUT2D eigenvalue weighted by Crippen LogP contribution is -2.39. The summed E-state index contributed by atoms with van der Waals surface area (Å²) in [5, 5.41) is 3.78. The first kappa shape index (κ1) is 12.0. The van der Waals surface area contributed by atoms with Crippen LogP contribution in [0.15, 0.2) is 0 Å². The van der Waals surface area contributed by atoms with E-state index in [0.29, 0.717) is 11.5 Å². The third-order valence-corrected chi connectivity index (χ3v) is 3.04. The highest BCUT2D eigenvalue weighted by molar-refractivity contribution is 4.78. The predicted octanol–water partition coefficient (Wildman–Crippen LogP) is 3.73. The molecule has 0 aliphatic heterocycles. The Bertz CT molecular complexity index is 151. The zero-order chi connectivity index (χ0) is 10.6. The molecule has 0 aromatic heterocycles. The second-order valence-corrected chi connectivity index (χ2v) is 6.17. The van der Waals surface area contributed by atoms with Gasteiger partial charge in [-0.25, -0.2) is 0 Å². The molecule has 0 aromatic carbocycles. The van der Waals surface area contributed by atoms with Gasteiger partial charge >= 0.3 is 0 Å². The zero-order valence-corrected chi connectivity index (χ0v) is 10.4. The third-order valence-electron chi connectivity index (χ3n) is 3.04. The molecule has 14 heavy (non-hydrogen) atoms. The highest BCUT2D eigenvalue weighted by atomic mass is 14.9. The minimum absolute atomic E-state index is 0.459. The molecule has 1 aliphatic carbocycles. The van der Waals surface area contributed by atoms with Crippen molar-refractivity contribution in [2.24, 2.45) is 5.41 Å². The van der Waals surface area contributed by atoms with Gasteiger partial charge in [0.15, 0.2) is 0 Å². The molecular formula is C13H27N. The third kappa shape index (κ3) is 4.99. The Morgan fingerprint density at radius 3 is 2.21 bits per heavy atom. The first-order chi connectivity index (χ1) is 6.47. The molecule has 0 amide bonds. The molecular weight excluding hydrogens is 170 g/mol. The van der Waals surface area contributed by atoms with E-state index in [0.717, 1.165) is 6.04 Å². The molecule has 1 N–H and O–H groups in total. The van der Waals surface area contributed by atoms with Crippen LogP contribution >= 0.6 is 0 Å². The monoisotopic (exact) mass is 197 g/mol. The van der Waals surface area contributed by atoms with E-state index in [-0.39, 0.29) is 0 Å². The zero-order valence-electron chi connectivity index (χ0n) is 10.4. The summed E-state index contributed by atoms with van der Waals surface area (Å²) in [4.78, 5) is 0. The van der Waals surface area contributed by atoms with Gasteiger partial charge in [0.2, 0.25) is 0 Å².